The number of hydrogen-bond donors (Lipinski definition) is 1. The van der Waals surface area contributed by atoms with Crippen LogP contribution in [0.2, 0.25) is 0 Å². The van der Waals surface area contributed by atoms with E-state index in [1.54, 1.807) is 12.1 Å². The van der Waals surface area contributed by atoms with Crippen molar-refractivity contribution in [3.05, 3.63) is 24.3 Å². The molecule has 3 aliphatic rings. The summed E-state index contributed by atoms with van der Waals surface area (Å²) in [6.07, 6.45) is 1.86. The maximum absolute atomic E-state index is 13.0. The van der Waals surface area contributed by atoms with Crippen LogP contribution in [0.5, 0.6) is 0 Å². The second kappa shape index (κ2) is 6.61. The fraction of sp³-hybridized carbons (Fsp3) is 0.500. The molecule has 1 aromatic carbocycles. The molecule has 8 nitrogen and oxygen atoms in total. The van der Waals surface area contributed by atoms with Crippen LogP contribution in [0.4, 0.5) is 16.2 Å². The number of aliphatic imine (C=N–C) groups is 1. The molecule has 2 fully saturated rings. The number of nitrogens with zero attached hydrogens (tertiary/aromatic N) is 4. The summed E-state index contributed by atoms with van der Waals surface area (Å²) in [4.78, 5) is 47.1. The largest absolute Gasteiger partial charge is 0.367 e. The Balaban J connectivity index is 1.64. The molecule has 2 N–H and O–H groups in total. The molecule has 0 spiro atoms. The van der Waals surface area contributed by atoms with E-state index in [4.69, 9.17) is 5.73 Å². The summed E-state index contributed by atoms with van der Waals surface area (Å²) in [5.74, 6) is 0.0520. The molecule has 0 unspecified atom stereocenters. The van der Waals surface area contributed by atoms with Crippen LogP contribution >= 0.6 is 0 Å². The van der Waals surface area contributed by atoms with Crippen molar-refractivity contribution in [2.45, 2.75) is 38.6 Å². The van der Waals surface area contributed by atoms with E-state index >= 15 is 0 Å². The van der Waals surface area contributed by atoms with Crippen LogP contribution in [0, 0.1) is 5.92 Å². The summed E-state index contributed by atoms with van der Waals surface area (Å²) in [5, 5.41) is 0. The van der Waals surface area contributed by atoms with E-state index in [0.29, 0.717) is 24.6 Å². The van der Waals surface area contributed by atoms with Gasteiger partial charge in [-0.25, -0.2) is 9.69 Å². The van der Waals surface area contributed by atoms with Crippen molar-refractivity contribution in [1.29, 1.82) is 0 Å². The number of hydrogen-bond acceptors (Lipinski definition) is 5. The van der Waals surface area contributed by atoms with Gasteiger partial charge in [0.15, 0.2) is 0 Å². The Bertz CT molecular complexity index is 863. The Kier molecular flexibility index (Phi) is 4.36. The number of carbonyl (C=O) groups is 3. The lowest BCUT2D eigenvalue weighted by molar-refractivity contribution is -0.136. The van der Waals surface area contributed by atoms with Crippen molar-refractivity contribution in [3.8, 4) is 0 Å². The Hall–Kier alpha value is -2.90. The lowest BCUT2D eigenvalue weighted by Gasteiger charge is -2.32. The first-order valence-electron chi connectivity index (χ1n) is 9.76. The Labute approximate surface area is 164 Å². The number of nitrogens with two attached hydrogens (primary N) is 1. The van der Waals surface area contributed by atoms with E-state index < -0.39 is 23.4 Å². The van der Waals surface area contributed by atoms with Crippen LogP contribution in [0.3, 0.4) is 0 Å². The standard InChI is InChI=1S/C20H25N5O3/c1-13(2)16-22-10-4-11-23(16)14-5-7-15(8-6-14)25-18(27)20(17(21)26)9-3-12-24(20)19(25)28/h5-8,13H,3-4,9-12H2,1-2H3,(H2,21,26)/t20-/m0/s1. The number of anilines is 2. The number of amidine groups is 1. The minimum absolute atomic E-state index is 0.281. The number of urea groups is 1. The maximum atomic E-state index is 13.0. The van der Waals surface area contributed by atoms with Gasteiger partial charge in [0.2, 0.25) is 5.54 Å². The van der Waals surface area contributed by atoms with Gasteiger partial charge in [-0.05, 0) is 43.5 Å². The van der Waals surface area contributed by atoms with Crippen LogP contribution in [-0.4, -0.2) is 53.8 Å². The molecule has 4 amide bonds. The van der Waals surface area contributed by atoms with Gasteiger partial charge in [0.1, 0.15) is 5.84 Å². The molecule has 1 aromatic rings. The highest BCUT2D eigenvalue weighted by molar-refractivity contribution is 6.31. The monoisotopic (exact) mass is 383 g/mol. The number of fused-ring (bicyclic) bond motifs is 1. The van der Waals surface area contributed by atoms with Gasteiger partial charge in [-0.2, -0.15) is 0 Å². The minimum atomic E-state index is -1.53. The Morgan fingerprint density at radius 1 is 1.11 bits per heavy atom. The van der Waals surface area contributed by atoms with Gasteiger partial charge in [-0.1, -0.05) is 13.8 Å². The predicted molar refractivity (Wildman–Crippen MR) is 106 cm³/mol. The predicted octanol–water partition coefficient (Wildman–Crippen LogP) is 1.74. The smallest absolute Gasteiger partial charge is 0.332 e. The first-order valence-corrected chi connectivity index (χ1v) is 9.76. The van der Waals surface area contributed by atoms with E-state index in [2.05, 4.69) is 23.7 Å². The highest BCUT2D eigenvalue weighted by Crippen LogP contribution is 2.40. The second-order valence-corrected chi connectivity index (χ2v) is 7.82. The van der Waals surface area contributed by atoms with Crippen molar-refractivity contribution < 1.29 is 14.4 Å². The zero-order valence-electron chi connectivity index (χ0n) is 16.2. The third-order valence-corrected chi connectivity index (χ3v) is 5.79. The number of rotatable bonds is 4. The highest BCUT2D eigenvalue weighted by atomic mass is 16.2. The fourth-order valence-electron chi connectivity index (χ4n) is 4.44. The van der Waals surface area contributed by atoms with Crippen molar-refractivity contribution in [1.82, 2.24) is 4.90 Å². The molecule has 3 aliphatic heterocycles. The van der Waals surface area contributed by atoms with Gasteiger partial charge in [0.25, 0.3) is 11.8 Å². The molecule has 0 bridgehead atoms. The minimum Gasteiger partial charge on any atom is -0.367 e. The summed E-state index contributed by atoms with van der Waals surface area (Å²) in [7, 11) is 0. The molecular formula is C20H25N5O3. The molecule has 1 atom stereocenters. The molecule has 8 heteroatoms. The lowest BCUT2D eigenvalue weighted by Crippen LogP contribution is -2.55. The topological polar surface area (TPSA) is 99.3 Å². The van der Waals surface area contributed by atoms with Crippen molar-refractivity contribution in [2.75, 3.05) is 29.4 Å². The average molecular weight is 383 g/mol. The van der Waals surface area contributed by atoms with Crippen LogP contribution < -0.4 is 15.5 Å². The van der Waals surface area contributed by atoms with E-state index in [0.717, 1.165) is 35.9 Å². The van der Waals surface area contributed by atoms with E-state index in [9.17, 15) is 14.4 Å². The summed E-state index contributed by atoms with van der Waals surface area (Å²) >= 11 is 0. The van der Waals surface area contributed by atoms with Crippen molar-refractivity contribution in [2.24, 2.45) is 16.6 Å². The average Bonchev–Trinajstić information content (AvgIpc) is 3.22. The van der Waals surface area contributed by atoms with Crippen LogP contribution in [0.25, 0.3) is 0 Å². The summed E-state index contributed by atoms with van der Waals surface area (Å²) in [6, 6.07) is 6.79. The van der Waals surface area contributed by atoms with Gasteiger partial charge >= 0.3 is 6.03 Å². The second-order valence-electron chi connectivity index (χ2n) is 7.82. The highest BCUT2D eigenvalue weighted by Gasteiger charge is 2.63. The van der Waals surface area contributed by atoms with Crippen LogP contribution in [-0.2, 0) is 9.59 Å². The van der Waals surface area contributed by atoms with Crippen LogP contribution in [0.1, 0.15) is 33.1 Å². The van der Waals surface area contributed by atoms with Gasteiger partial charge in [0, 0.05) is 31.2 Å². The third kappa shape index (κ3) is 2.51. The van der Waals surface area contributed by atoms with Crippen LogP contribution in [0.15, 0.2) is 29.3 Å². The van der Waals surface area contributed by atoms with Crippen molar-refractivity contribution >= 4 is 35.1 Å². The number of imide groups is 1. The van der Waals surface area contributed by atoms with Gasteiger partial charge in [-0.15, -0.1) is 0 Å². The normalized spacial score (nSPS) is 24.8. The van der Waals surface area contributed by atoms with E-state index in [-0.39, 0.29) is 6.42 Å². The molecule has 0 radical (unpaired) electrons. The Morgan fingerprint density at radius 3 is 2.39 bits per heavy atom. The summed E-state index contributed by atoms with van der Waals surface area (Å²) in [5.41, 5.74) is 5.43. The van der Waals surface area contributed by atoms with E-state index in [1.165, 1.54) is 4.90 Å². The van der Waals surface area contributed by atoms with Gasteiger partial charge in [-0.3, -0.25) is 14.6 Å². The number of benzene rings is 1. The third-order valence-electron chi connectivity index (χ3n) is 5.79. The summed E-state index contributed by atoms with van der Waals surface area (Å²) in [6.45, 7) is 6.32. The molecule has 2 saturated heterocycles. The maximum Gasteiger partial charge on any atom is 0.332 e. The number of primary amides is 1. The molecule has 3 heterocycles. The fourth-order valence-corrected chi connectivity index (χ4v) is 4.44. The molecular weight excluding hydrogens is 358 g/mol. The molecule has 4 rings (SSSR count). The molecule has 28 heavy (non-hydrogen) atoms. The zero-order chi connectivity index (χ0) is 20.1. The quantitative estimate of drug-likeness (QED) is 0.632. The number of amides is 4. The Morgan fingerprint density at radius 2 is 1.79 bits per heavy atom. The molecule has 0 aliphatic carbocycles. The zero-order valence-corrected chi connectivity index (χ0v) is 16.2. The van der Waals surface area contributed by atoms with Gasteiger partial charge in [0.05, 0.1) is 5.69 Å². The lowest BCUT2D eigenvalue weighted by atomic mass is 9.95. The SMILES string of the molecule is CC(C)C1=NCCCN1c1ccc(N2C(=O)N3CCC[C@]3(C(N)=O)C2=O)cc1. The summed E-state index contributed by atoms with van der Waals surface area (Å²) < 4.78 is 0. The van der Waals surface area contributed by atoms with E-state index in [1.807, 2.05) is 12.1 Å². The first-order chi connectivity index (χ1) is 13.4. The van der Waals surface area contributed by atoms with Gasteiger partial charge < -0.3 is 15.5 Å². The molecule has 0 saturated carbocycles. The first kappa shape index (κ1) is 18.5. The molecule has 148 valence electrons. The molecule has 0 aromatic heterocycles. The van der Waals surface area contributed by atoms with Crippen molar-refractivity contribution in [3.63, 3.8) is 0 Å². The number of carbonyl (C=O) groups excluding carboxylic acids is 3.